The highest BCUT2D eigenvalue weighted by atomic mass is 32.2. The van der Waals surface area contributed by atoms with Crippen LogP contribution in [-0.4, -0.2) is 48.2 Å². The predicted molar refractivity (Wildman–Crippen MR) is 141 cm³/mol. The molecule has 3 atom stereocenters. The van der Waals surface area contributed by atoms with E-state index in [1.165, 1.54) is 18.7 Å². The van der Waals surface area contributed by atoms with Gasteiger partial charge in [-0.05, 0) is 58.0 Å². The Hall–Kier alpha value is -3.77. The van der Waals surface area contributed by atoms with Gasteiger partial charge in [-0.1, -0.05) is 48.2 Å². The number of aliphatic hydroxyl groups excluding tert-OH is 1. The van der Waals surface area contributed by atoms with E-state index in [9.17, 15) is 15.0 Å². The van der Waals surface area contributed by atoms with Crippen LogP contribution in [0.2, 0.25) is 0 Å². The summed E-state index contributed by atoms with van der Waals surface area (Å²) in [4.78, 5) is 11.4. The van der Waals surface area contributed by atoms with E-state index in [4.69, 9.17) is 9.47 Å². The molecule has 1 aliphatic rings. The largest absolute Gasteiger partial charge is 0.508 e. The number of nitrogens with zero attached hydrogens (tertiary/aromatic N) is 4. The number of rotatable bonds is 8. The number of hydrogen-bond acceptors (Lipinski definition) is 9. The lowest BCUT2D eigenvalue weighted by molar-refractivity contribution is -0.245. The molecule has 5 rings (SSSR count). The molecule has 10 nitrogen and oxygen atoms in total. The molecule has 38 heavy (non-hydrogen) atoms. The van der Waals surface area contributed by atoms with E-state index in [1.54, 1.807) is 28.9 Å². The summed E-state index contributed by atoms with van der Waals surface area (Å²) in [5.74, 6) is 0.606. The molecule has 3 aromatic carbocycles. The number of carbonyl (C=O) groups is 1. The molecular weight excluding hydrogens is 506 g/mol. The maximum absolute atomic E-state index is 11.4. The van der Waals surface area contributed by atoms with Gasteiger partial charge in [-0.15, -0.1) is 5.10 Å². The predicted octanol–water partition coefficient (Wildman–Crippen LogP) is 4.16. The number of ether oxygens (including phenoxy) is 2. The molecule has 0 unspecified atom stereocenters. The molecule has 1 amide bonds. The molecular formula is C27H27N5O5S. The van der Waals surface area contributed by atoms with E-state index in [2.05, 4.69) is 20.8 Å². The first kappa shape index (κ1) is 25.9. The van der Waals surface area contributed by atoms with Crippen LogP contribution in [0.25, 0.3) is 5.69 Å². The van der Waals surface area contributed by atoms with Crippen molar-refractivity contribution < 1.29 is 24.5 Å². The van der Waals surface area contributed by atoms with Crippen molar-refractivity contribution >= 4 is 23.4 Å². The number of nitrogens with one attached hydrogen (secondary N) is 1. The van der Waals surface area contributed by atoms with Crippen molar-refractivity contribution in [1.29, 1.82) is 0 Å². The molecule has 2 heterocycles. The Kier molecular flexibility index (Phi) is 7.99. The van der Waals surface area contributed by atoms with E-state index in [-0.39, 0.29) is 30.5 Å². The van der Waals surface area contributed by atoms with Gasteiger partial charge in [-0.3, -0.25) is 4.79 Å². The van der Waals surface area contributed by atoms with Crippen LogP contribution in [0, 0.1) is 0 Å². The van der Waals surface area contributed by atoms with Gasteiger partial charge in [0.15, 0.2) is 6.29 Å². The smallest absolute Gasteiger partial charge is 0.221 e. The van der Waals surface area contributed by atoms with Gasteiger partial charge in [-0.2, -0.15) is 4.68 Å². The van der Waals surface area contributed by atoms with Crippen LogP contribution in [-0.2, 0) is 20.9 Å². The number of tetrazole rings is 1. The van der Waals surface area contributed by atoms with Gasteiger partial charge in [0, 0.05) is 30.3 Å². The Balaban J connectivity index is 1.34. The third-order valence-electron chi connectivity index (χ3n) is 6.05. The number of anilines is 1. The van der Waals surface area contributed by atoms with Crippen molar-refractivity contribution in [2.45, 2.75) is 43.6 Å². The number of amides is 1. The third-order valence-corrected chi connectivity index (χ3v) is 7.10. The molecule has 0 bridgehead atoms. The average molecular weight is 534 g/mol. The Bertz CT molecular complexity index is 1360. The van der Waals surface area contributed by atoms with Crippen LogP contribution in [0.3, 0.4) is 0 Å². The molecule has 1 saturated heterocycles. The van der Waals surface area contributed by atoms with Gasteiger partial charge < -0.3 is 25.0 Å². The molecule has 0 saturated carbocycles. The topological polar surface area (TPSA) is 132 Å². The summed E-state index contributed by atoms with van der Waals surface area (Å²) >= 11 is 1.47. The molecule has 1 aliphatic heterocycles. The van der Waals surface area contributed by atoms with Gasteiger partial charge in [0.05, 0.1) is 24.5 Å². The van der Waals surface area contributed by atoms with Crippen LogP contribution in [0.5, 0.6) is 5.75 Å². The molecule has 1 aromatic heterocycles. The molecule has 1 fully saturated rings. The zero-order valence-corrected chi connectivity index (χ0v) is 21.4. The second-order valence-corrected chi connectivity index (χ2v) is 9.84. The van der Waals surface area contributed by atoms with Crippen molar-refractivity contribution in [3.8, 4) is 11.4 Å². The molecule has 196 valence electrons. The summed E-state index contributed by atoms with van der Waals surface area (Å²) in [6, 6.07) is 21.8. The first-order valence-electron chi connectivity index (χ1n) is 12.1. The van der Waals surface area contributed by atoms with E-state index >= 15 is 0 Å². The number of phenols is 1. The second-order valence-electron chi connectivity index (χ2n) is 8.85. The number of phenolic OH excluding ortho intramolecular Hbond substituents is 1. The van der Waals surface area contributed by atoms with Crippen LogP contribution < -0.4 is 5.32 Å². The number of aliphatic hydroxyl groups is 1. The fourth-order valence-electron chi connectivity index (χ4n) is 4.14. The van der Waals surface area contributed by atoms with Crippen LogP contribution in [0.15, 0.2) is 78.0 Å². The standard InChI is InChI=1S/C27H27N5O5S/c1-17(34)28-21-8-6-20(7-9-21)26-36-24(14-25(37-26)19-4-2-18(15-33)3-5-19)16-38-27-29-30-31-32(27)22-10-12-23(35)13-11-22/h2-13,24-26,33,35H,14-16H2,1H3,(H,28,34)/t24-,25+,26+/m0/s1. The Labute approximate surface area is 223 Å². The number of hydrogen-bond donors (Lipinski definition) is 3. The average Bonchev–Trinajstić information content (AvgIpc) is 3.41. The molecule has 11 heteroatoms. The summed E-state index contributed by atoms with van der Waals surface area (Å²) in [6.45, 7) is 1.45. The first-order valence-corrected chi connectivity index (χ1v) is 13.1. The second kappa shape index (κ2) is 11.7. The van der Waals surface area contributed by atoms with Crippen LogP contribution in [0.1, 0.15) is 42.4 Å². The summed E-state index contributed by atoms with van der Waals surface area (Å²) in [6.07, 6.45) is -0.403. The number of benzene rings is 3. The molecule has 0 radical (unpaired) electrons. The Morgan fingerprint density at radius 1 is 1.03 bits per heavy atom. The monoisotopic (exact) mass is 533 g/mol. The highest BCUT2D eigenvalue weighted by Gasteiger charge is 2.32. The van der Waals surface area contributed by atoms with Crippen molar-refractivity contribution in [2.75, 3.05) is 11.1 Å². The van der Waals surface area contributed by atoms with Crippen LogP contribution in [0.4, 0.5) is 5.69 Å². The summed E-state index contributed by atoms with van der Waals surface area (Å²) in [5.41, 5.74) is 4.09. The quantitative estimate of drug-likeness (QED) is 0.286. The van der Waals surface area contributed by atoms with Gasteiger partial charge in [0.2, 0.25) is 11.1 Å². The van der Waals surface area contributed by atoms with E-state index in [0.717, 1.165) is 22.4 Å². The Morgan fingerprint density at radius 2 is 1.74 bits per heavy atom. The third kappa shape index (κ3) is 6.20. The van der Waals surface area contributed by atoms with Gasteiger partial charge >= 0.3 is 0 Å². The van der Waals surface area contributed by atoms with Gasteiger partial charge in [0.25, 0.3) is 0 Å². The first-order chi connectivity index (χ1) is 18.5. The number of thioether (sulfide) groups is 1. The minimum absolute atomic E-state index is 0.0206. The molecule has 4 aromatic rings. The van der Waals surface area contributed by atoms with Crippen LogP contribution >= 0.6 is 11.8 Å². The summed E-state index contributed by atoms with van der Waals surface area (Å²) in [7, 11) is 0. The SMILES string of the molecule is CC(=O)Nc1ccc([C@@H]2O[C@H](CSc3nnnn3-c3ccc(O)cc3)C[C@H](c3ccc(CO)cc3)O2)cc1. The lowest BCUT2D eigenvalue weighted by atomic mass is 10.0. The Morgan fingerprint density at radius 3 is 2.42 bits per heavy atom. The van der Waals surface area contributed by atoms with Crippen molar-refractivity contribution in [1.82, 2.24) is 20.2 Å². The minimum Gasteiger partial charge on any atom is -0.508 e. The van der Waals surface area contributed by atoms with Gasteiger partial charge in [0.1, 0.15) is 5.75 Å². The zero-order chi connectivity index (χ0) is 26.5. The number of aromatic hydroxyl groups is 1. The zero-order valence-electron chi connectivity index (χ0n) is 20.6. The normalized spacial score (nSPS) is 19.3. The fourth-order valence-corrected chi connectivity index (χ4v) is 5.05. The number of aromatic nitrogens is 4. The molecule has 0 aliphatic carbocycles. The lowest BCUT2D eigenvalue weighted by Gasteiger charge is -2.36. The van der Waals surface area contributed by atoms with E-state index < -0.39 is 6.29 Å². The molecule has 3 N–H and O–H groups in total. The number of carbonyl (C=O) groups excluding carboxylic acids is 1. The minimum atomic E-state index is -0.615. The summed E-state index contributed by atoms with van der Waals surface area (Å²) < 4.78 is 14.4. The van der Waals surface area contributed by atoms with E-state index in [1.807, 2.05) is 48.5 Å². The van der Waals surface area contributed by atoms with Crippen molar-refractivity contribution in [3.05, 3.63) is 89.5 Å². The van der Waals surface area contributed by atoms with E-state index in [0.29, 0.717) is 23.0 Å². The maximum atomic E-state index is 11.4. The van der Waals surface area contributed by atoms with Gasteiger partial charge in [-0.25, -0.2) is 0 Å². The van der Waals surface area contributed by atoms with Crippen molar-refractivity contribution in [3.63, 3.8) is 0 Å². The highest BCUT2D eigenvalue weighted by molar-refractivity contribution is 7.99. The highest BCUT2D eigenvalue weighted by Crippen LogP contribution is 2.39. The maximum Gasteiger partial charge on any atom is 0.221 e. The molecule has 0 spiro atoms. The fraction of sp³-hybridized carbons (Fsp3) is 0.259. The lowest BCUT2D eigenvalue weighted by Crippen LogP contribution is -2.31. The van der Waals surface area contributed by atoms with Crippen molar-refractivity contribution in [2.24, 2.45) is 0 Å². The summed E-state index contributed by atoms with van der Waals surface area (Å²) in [5, 5.41) is 34.4.